The molecular weight excluding hydrogens is 216 g/mol. The van der Waals surface area contributed by atoms with Crippen LogP contribution < -0.4 is 5.73 Å². The summed E-state index contributed by atoms with van der Waals surface area (Å²) >= 11 is 0. The van der Waals surface area contributed by atoms with Crippen LogP contribution in [0.1, 0.15) is 5.56 Å². The van der Waals surface area contributed by atoms with Crippen LogP contribution in [0.15, 0.2) is 24.4 Å². The lowest BCUT2D eigenvalue weighted by molar-refractivity contribution is 0.483. The molecule has 0 fully saturated rings. The van der Waals surface area contributed by atoms with Gasteiger partial charge in [-0.25, -0.2) is 0 Å². The topological polar surface area (TPSA) is 90.7 Å². The van der Waals surface area contributed by atoms with E-state index in [9.17, 15) is 5.11 Å². The largest absolute Gasteiger partial charge is 0.507 e. The van der Waals surface area contributed by atoms with E-state index in [4.69, 9.17) is 5.73 Å². The summed E-state index contributed by atoms with van der Waals surface area (Å²) in [5.74, 6) is 0.648. The van der Waals surface area contributed by atoms with Crippen molar-refractivity contribution in [2.75, 3.05) is 5.73 Å². The van der Waals surface area contributed by atoms with Crippen LogP contribution in [-0.2, 0) is 0 Å². The highest BCUT2D eigenvalue weighted by molar-refractivity contribution is 5.95. The molecule has 3 rings (SSSR count). The van der Waals surface area contributed by atoms with Crippen LogP contribution in [0.3, 0.4) is 0 Å². The minimum absolute atomic E-state index is 0.241. The molecule has 2 heterocycles. The number of aromatic nitrogens is 3. The lowest BCUT2D eigenvalue weighted by atomic mass is 10.1. The van der Waals surface area contributed by atoms with Crippen LogP contribution >= 0.6 is 0 Å². The Balaban J connectivity index is 2.30. The SMILES string of the molecule is Cc1c[nH]c2ccc(-c3cc(N)n[nH]3)c(O)c12. The zero-order valence-corrected chi connectivity index (χ0v) is 9.28. The van der Waals surface area contributed by atoms with Gasteiger partial charge in [0.2, 0.25) is 0 Å². The first-order valence-corrected chi connectivity index (χ1v) is 5.27. The van der Waals surface area contributed by atoms with Crippen LogP contribution in [-0.4, -0.2) is 20.3 Å². The van der Waals surface area contributed by atoms with E-state index >= 15 is 0 Å². The third-order valence-electron chi connectivity index (χ3n) is 2.90. The van der Waals surface area contributed by atoms with Gasteiger partial charge in [0.25, 0.3) is 0 Å². The summed E-state index contributed by atoms with van der Waals surface area (Å²) < 4.78 is 0. The maximum Gasteiger partial charge on any atom is 0.145 e. The molecule has 0 bridgehead atoms. The average Bonchev–Trinajstić information content (AvgIpc) is 2.87. The summed E-state index contributed by atoms with van der Waals surface area (Å²) in [4.78, 5) is 3.10. The third kappa shape index (κ3) is 1.36. The predicted octanol–water partition coefficient (Wildman–Crippen LogP) is 2.15. The van der Waals surface area contributed by atoms with Crippen LogP contribution in [0.2, 0.25) is 0 Å². The van der Waals surface area contributed by atoms with E-state index in [2.05, 4.69) is 15.2 Å². The molecule has 0 aliphatic carbocycles. The Morgan fingerprint density at radius 2 is 2.18 bits per heavy atom. The molecule has 0 radical (unpaired) electrons. The van der Waals surface area contributed by atoms with Crippen molar-refractivity contribution >= 4 is 16.7 Å². The number of hydrogen-bond acceptors (Lipinski definition) is 3. The van der Waals surface area contributed by atoms with Crippen molar-refractivity contribution in [3.8, 4) is 17.0 Å². The minimum atomic E-state index is 0.241. The molecule has 1 aromatic carbocycles. The van der Waals surface area contributed by atoms with Gasteiger partial charge in [0, 0.05) is 28.7 Å². The number of aryl methyl sites for hydroxylation is 1. The van der Waals surface area contributed by atoms with Crippen molar-refractivity contribution in [3.05, 3.63) is 30.0 Å². The number of aromatic amines is 2. The standard InChI is InChI=1S/C12H12N4O/c1-6-5-14-8-3-2-7(12(17)11(6)8)9-4-10(13)16-15-9/h2-5,14,17H,1H3,(H3,13,15,16). The van der Waals surface area contributed by atoms with Crippen molar-refractivity contribution in [2.24, 2.45) is 0 Å². The van der Waals surface area contributed by atoms with Gasteiger partial charge >= 0.3 is 0 Å². The van der Waals surface area contributed by atoms with Crippen LogP contribution in [0.4, 0.5) is 5.82 Å². The van der Waals surface area contributed by atoms with E-state index in [0.717, 1.165) is 16.5 Å². The van der Waals surface area contributed by atoms with Crippen molar-refractivity contribution in [2.45, 2.75) is 6.92 Å². The highest BCUT2D eigenvalue weighted by Gasteiger charge is 2.12. The number of H-pyrrole nitrogens is 2. The van der Waals surface area contributed by atoms with E-state index in [1.165, 1.54) is 0 Å². The minimum Gasteiger partial charge on any atom is -0.507 e. The molecule has 0 aliphatic heterocycles. The number of nitrogens with zero attached hydrogens (tertiary/aromatic N) is 1. The zero-order chi connectivity index (χ0) is 12.0. The summed E-state index contributed by atoms with van der Waals surface area (Å²) in [6.07, 6.45) is 1.87. The van der Waals surface area contributed by atoms with Gasteiger partial charge < -0.3 is 15.8 Å². The second-order valence-corrected chi connectivity index (χ2v) is 4.06. The van der Waals surface area contributed by atoms with Gasteiger partial charge in [0.1, 0.15) is 11.6 Å². The first-order valence-electron chi connectivity index (χ1n) is 5.27. The molecular formula is C12H12N4O. The average molecular weight is 228 g/mol. The first kappa shape index (κ1) is 9.77. The summed E-state index contributed by atoms with van der Waals surface area (Å²) in [6.45, 7) is 1.95. The summed E-state index contributed by atoms with van der Waals surface area (Å²) in [7, 11) is 0. The quantitative estimate of drug-likeness (QED) is 0.514. The Kier molecular flexibility index (Phi) is 1.89. The van der Waals surface area contributed by atoms with Crippen molar-refractivity contribution in [1.29, 1.82) is 0 Å². The van der Waals surface area contributed by atoms with Gasteiger partial charge in [0.15, 0.2) is 0 Å². The van der Waals surface area contributed by atoms with Crippen LogP contribution in [0.5, 0.6) is 5.75 Å². The fourth-order valence-electron chi connectivity index (χ4n) is 2.06. The number of hydrogen-bond donors (Lipinski definition) is 4. The molecule has 0 atom stereocenters. The number of nitrogen functional groups attached to an aromatic ring is 1. The number of phenols is 1. The maximum atomic E-state index is 10.3. The second-order valence-electron chi connectivity index (χ2n) is 4.06. The molecule has 0 saturated heterocycles. The van der Waals surface area contributed by atoms with Gasteiger partial charge in [-0.1, -0.05) is 0 Å². The Morgan fingerprint density at radius 1 is 1.35 bits per heavy atom. The van der Waals surface area contributed by atoms with Crippen molar-refractivity contribution < 1.29 is 5.11 Å². The molecule has 86 valence electrons. The molecule has 5 nitrogen and oxygen atoms in total. The molecule has 0 spiro atoms. The Morgan fingerprint density at radius 3 is 2.88 bits per heavy atom. The molecule has 5 N–H and O–H groups in total. The number of aromatic hydroxyl groups is 1. The fourth-order valence-corrected chi connectivity index (χ4v) is 2.06. The van der Waals surface area contributed by atoms with Gasteiger partial charge in [-0.05, 0) is 24.6 Å². The van der Waals surface area contributed by atoms with Gasteiger partial charge in [-0.15, -0.1) is 0 Å². The molecule has 2 aromatic heterocycles. The predicted molar refractivity (Wildman–Crippen MR) is 66.7 cm³/mol. The highest BCUT2D eigenvalue weighted by Crippen LogP contribution is 2.36. The number of nitrogens with two attached hydrogens (primary N) is 1. The molecule has 0 amide bonds. The van der Waals surface area contributed by atoms with Gasteiger partial charge in [-0.3, -0.25) is 5.10 Å². The molecule has 0 unspecified atom stereocenters. The van der Waals surface area contributed by atoms with E-state index in [1.807, 2.05) is 25.3 Å². The molecule has 0 aliphatic rings. The molecule has 0 saturated carbocycles. The normalized spacial score (nSPS) is 11.1. The number of benzene rings is 1. The third-order valence-corrected chi connectivity index (χ3v) is 2.90. The van der Waals surface area contributed by atoms with Gasteiger partial charge in [0.05, 0.1) is 5.69 Å². The van der Waals surface area contributed by atoms with Gasteiger partial charge in [-0.2, -0.15) is 5.10 Å². The smallest absolute Gasteiger partial charge is 0.145 e. The number of fused-ring (bicyclic) bond motifs is 1. The molecule has 17 heavy (non-hydrogen) atoms. The highest BCUT2D eigenvalue weighted by atomic mass is 16.3. The first-order chi connectivity index (χ1) is 8.16. The van der Waals surface area contributed by atoms with E-state index < -0.39 is 0 Å². The van der Waals surface area contributed by atoms with E-state index in [1.54, 1.807) is 6.07 Å². The second kappa shape index (κ2) is 3.28. The molecule has 3 aromatic rings. The lowest BCUT2D eigenvalue weighted by Crippen LogP contribution is -1.81. The summed E-state index contributed by atoms with van der Waals surface area (Å²) in [6, 6.07) is 5.46. The lowest BCUT2D eigenvalue weighted by Gasteiger charge is -2.04. The monoisotopic (exact) mass is 228 g/mol. The Bertz CT molecular complexity index is 696. The maximum absolute atomic E-state index is 10.3. The number of rotatable bonds is 1. The number of anilines is 1. The van der Waals surface area contributed by atoms with E-state index in [-0.39, 0.29) is 5.75 Å². The fraction of sp³-hybridized carbons (Fsp3) is 0.0833. The van der Waals surface area contributed by atoms with Crippen molar-refractivity contribution in [1.82, 2.24) is 15.2 Å². The van der Waals surface area contributed by atoms with E-state index in [0.29, 0.717) is 17.1 Å². The summed E-state index contributed by atoms with van der Waals surface area (Å²) in [5.41, 5.74) is 8.89. The summed E-state index contributed by atoms with van der Waals surface area (Å²) in [5, 5.41) is 17.8. The molecule has 5 heteroatoms. The van der Waals surface area contributed by atoms with Crippen LogP contribution in [0.25, 0.3) is 22.2 Å². The number of nitrogens with one attached hydrogen (secondary N) is 2. The Labute approximate surface area is 97.3 Å². The number of phenolic OH excluding ortho intramolecular Hbond substituents is 1. The Hall–Kier alpha value is -2.43. The van der Waals surface area contributed by atoms with Crippen molar-refractivity contribution in [3.63, 3.8) is 0 Å². The zero-order valence-electron chi connectivity index (χ0n) is 9.28. The van der Waals surface area contributed by atoms with Crippen LogP contribution in [0, 0.1) is 6.92 Å².